The molecule has 0 aliphatic rings. The van der Waals surface area contributed by atoms with E-state index in [0.29, 0.717) is 17.4 Å². The molecule has 1 amide bonds. The van der Waals surface area contributed by atoms with Crippen molar-refractivity contribution in [3.05, 3.63) is 45.5 Å². The summed E-state index contributed by atoms with van der Waals surface area (Å²) in [6.07, 6.45) is 0.191. The Morgan fingerprint density at radius 1 is 1.33 bits per heavy atom. The first-order valence-electron chi connectivity index (χ1n) is 7.50. The Bertz CT molecular complexity index is 737. The topological polar surface area (TPSA) is 97.2 Å². The molecule has 2 N–H and O–H groups in total. The number of aromatic nitrogens is 1. The van der Waals surface area contributed by atoms with E-state index in [1.54, 1.807) is 18.2 Å². The molecule has 7 nitrogen and oxygen atoms in total. The van der Waals surface area contributed by atoms with Crippen LogP contribution >= 0.6 is 11.3 Å². The van der Waals surface area contributed by atoms with Gasteiger partial charge in [-0.05, 0) is 6.07 Å². The third-order valence-electron chi connectivity index (χ3n) is 3.29. The monoisotopic (exact) mass is 348 g/mol. The predicted octanol–water partition coefficient (Wildman–Crippen LogP) is 3.79. The summed E-state index contributed by atoms with van der Waals surface area (Å²) in [5, 5.41) is 19.1. The molecule has 8 heteroatoms. The number of nitro benzene ring substituents is 1. The number of rotatable bonds is 6. The number of nitrogens with zero attached hydrogens (tertiary/aromatic N) is 2. The van der Waals surface area contributed by atoms with Crippen molar-refractivity contribution >= 4 is 33.8 Å². The molecule has 0 saturated carbocycles. The molecule has 1 heterocycles. The predicted molar refractivity (Wildman–Crippen MR) is 95.6 cm³/mol. The number of hydrogen-bond acceptors (Lipinski definition) is 6. The van der Waals surface area contributed by atoms with Crippen LogP contribution in [0.5, 0.6) is 0 Å². The van der Waals surface area contributed by atoms with Crippen molar-refractivity contribution in [3.8, 4) is 0 Å². The van der Waals surface area contributed by atoms with Gasteiger partial charge in [0.05, 0.1) is 10.6 Å². The van der Waals surface area contributed by atoms with E-state index in [1.807, 2.05) is 5.38 Å². The zero-order valence-corrected chi connectivity index (χ0v) is 14.6. The summed E-state index contributed by atoms with van der Waals surface area (Å²) >= 11 is 1.39. The average Bonchev–Trinajstić information content (AvgIpc) is 2.96. The highest BCUT2D eigenvalue weighted by Crippen LogP contribution is 2.26. The summed E-state index contributed by atoms with van der Waals surface area (Å²) in [5.41, 5.74) is 1.26. The molecule has 1 aromatic heterocycles. The molecule has 0 fully saturated rings. The van der Waals surface area contributed by atoms with Gasteiger partial charge in [0.15, 0.2) is 5.13 Å². The van der Waals surface area contributed by atoms with E-state index in [4.69, 9.17) is 0 Å². The fourth-order valence-electron chi connectivity index (χ4n) is 1.95. The standard InChI is InChI=1S/C16H20N4O3S/c1-16(2,3)13-10-24-15(18-13)19-14(21)8-9-17-11-6-4-5-7-12(11)20(22)23/h4-7,10,17H,8-9H2,1-3H3,(H,18,19,21). The van der Waals surface area contributed by atoms with Gasteiger partial charge in [-0.15, -0.1) is 11.3 Å². The van der Waals surface area contributed by atoms with Crippen LogP contribution in [0.3, 0.4) is 0 Å². The fourth-order valence-corrected chi connectivity index (χ4v) is 2.90. The van der Waals surface area contributed by atoms with E-state index >= 15 is 0 Å². The molecule has 0 unspecified atom stereocenters. The maximum absolute atomic E-state index is 12.0. The summed E-state index contributed by atoms with van der Waals surface area (Å²) in [6, 6.07) is 6.35. The molecule has 2 rings (SSSR count). The quantitative estimate of drug-likeness (QED) is 0.611. The van der Waals surface area contributed by atoms with Crippen LogP contribution in [0.4, 0.5) is 16.5 Å². The van der Waals surface area contributed by atoms with Gasteiger partial charge in [0, 0.05) is 29.8 Å². The average molecular weight is 348 g/mol. The molecule has 0 aliphatic heterocycles. The first-order chi connectivity index (χ1) is 11.3. The minimum absolute atomic E-state index is 0.00680. The van der Waals surface area contributed by atoms with Crippen molar-refractivity contribution in [1.82, 2.24) is 4.98 Å². The van der Waals surface area contributed by atoms with Crippen LogP contribution in [0.15, 0.2) is 29.6 Å². The van der Waals surface area contributed by atoms with E-state index in [0.717, 1.165) is 5.69 Å². The number of nitrogens with one attached hydrogen (secondary N) is 2. The first kappa shape index (κ1) is 17.9. The minimum atomic E-state index is -0.452. The molecule has 1 aromatic carbocycles. The number of anilines is 2. The molecular formula is C16H20N4O3S. The van der Waals surface area contributed by atoms with Crippen LogP contribution in [0.1, 0.15) is 32.9 Å². The van der Waals surface area contributed by atoms with Gasteiger partial charge in [0.1, 0.15) is 5.69 Å². The van der Waals surface area contributed by atoms with Crippen molar-refractivity contribution in [3.63, 3.8) is 0 Å². The smallest absolute Gasteiger partial charge is 0.292 e. The van der Waals surface area contributed by atoms with Crippen LogP contribution in [0, 0.1) is 10.1 Å². The molecular weight excluding hydrogens is 328 g/mol. The van der Waals surface area contributed by atoms with Gasteiger partial charge in [-0.2, -0.15) is 0 Å². The highest BCUT2D eigenvalue weighted by Gasteiger charge is 2.18. The van der Waals surface area contributed by atoms with Crippen LogP contribution in [0.25, 0.3) is 0 Å². The lowest BCUT2D eigenvalue weighted by molar-refractivity contribution is -0.384. The molecule has 0 saturated heterocycles. The maximum atomic E-state index is 12.0. The highest BCUT2D eigenvalue weighted by molar-refractivity contribution is 7.13. The van der Waals surface area contributed by atoms with Crippen molar-refractivity contribution in [2.24, 2.45) is 0 Å². The minimum Gasteiger partial charge on any atom is -0.379 e. The van der Waals surface area contributed by atoms with Crippen molar-refractivity contribution in [2.45, 2.75) is 32.6 Å². The first-order valence-corrected chi connectivity index (χ1v) is 8.38. The lowest BCUT2D eigenvalue weighted by Gasteiger charge is -2.14. The number of para-hydroxylation sites is 2. The second kappa shape index (κ2) is 7.39. The van der Waals surface area contributed by atoms with Crippen LogP contribution in [0.2, 0.25) is 0 Å². The second-order valence-corrected chi connectivity index (χ2v) is 7.15. The van der Waals surface area contributed by atoms with Gasteiger partial charge in [0.25, 0.3) is 5.69 Å². The van der Waals surface area contributed by atoms with E-state index < -0.39 is 4.92 Å². The van der Waals surface area contributed by atoms with Crippen molar-refractivity contribution < 1.29 is 9.72 Å². The third kappa shape index (κ3) is 4.76. The summed E-state index contributed by atoms with van der Waals surface area (Å²) < 4.78 is 0. The fraction of sp³-hybridized carbons (Fsp3) is 0.375. The van der Waals surface area contributed by atoms with Crippen LogP contribution in [-0.2, 0) is 10.2 Å². The van der Waals surface area contributed by atoms with Gasteiger partial charge >= 0.3 is 0 Å². The summed E-state index contributed by atoms with van der Waals surface area (Å²) in [6.45, 7) is 6.48. The van der Waals surface area contributed by atoms with E-state index in [2.05, 4.69) is 36.4 Å². The Morgan fingerprint density at radius 3 is 2.67 bits per heavy atom. The Balaban J connectivity index is 1.86. The maximum Gasteiger partial charge on any atom is 0.292 e. The highest BCUT2D eigenvalue weighted by atomic mass is 32.1. The molecule has 2 aromatic rings. The van der Waals surface area contributed by atoms with Gasteiger partial charge in [-0.25, -0.2) is 4.98 Å². The Labute approximate surface area is 144 Å². The number of hydrogen-bond donors (Lipinski definition) is 2. The SMILES string of the molecule is CC(C)(C)c1csc(NC(=O)CCNc2ccccc2[N+](=O)[O-])n1. The van der Waals surface area contributed by atoms with E-state index in [9.17, 15) is 14.9 Å². The number of benzene rings is 1. The lowest BCUT2D eigenvalue weighted by Crippen LogP contribution is -2.17. The van der Waals surface area contributed by atoms with E-state index in [1.165, 1.54) is 17.4 Å². The Kier molecular flexibility index (Phi) is 5.50. The van der Waals surface area contributed by atoms with Crippen LogP contribution in [-0.4, -0.2) is 22.4 Å². The Morgan fingerprint density at radius 2 is 2.04 bits per heavy atom. The molecule has 0 aliphatic carbocycles. The molecule has 0 atom stereocenters. The zero-order valence-electron chi connectivity index (χ0n) is 13.8. The lowest BCUT2D eigenvalue weighted by atomic mass is 9.93. The van der Waals surface area contributed by atoms with Gasteiger partial charge < -0.3 is 10.6 Å². The molecule has 0 radical (unpaired) electrons. The molecule has 0 bridgehead atoms. The zero-order chi connectivity index (χ0) is 17.7. The number of nitro groups is 1. The number of carbonyl (C=O) groups is 1. The van der Waals surface area contributed by atoms with Gasteiger partial charge in [-0.1, -0.05) is 32.9 Å². The number of amides is 1. The summed E-state index contributed by atoms with van der Waals surface area (Å²) in [5.74, 6) is -0.184. The number of carbonyl (C=O) groups excluding carboxylic acids is 1. The Hall–Kier alpha value is -2.48. The third-order valence-corrected chi connectivity index (χ3v) is 4.04. The summed E-state index contributed by atoms with van der Waals surface area (Å²) in [7, 11) is 0. The normalized spacial score (nSPS) is 11.1. The largest absolute Gasteiger partial charge is 0.379 e. The molecule has 128 valence electrons. The van der Waals surface area contributed by atoms with E-state index in [-0.39, 0.29) is 23.4 Å². The van der Waals surface area contributed by atoms with Crippen molar-refractivity contribution in [1.29, 1.82) is 0 Å². The second-order valence-electron chi connectivity index (χ2n) is 6.29. The summed E-state index contributed by atoms with van der Waals surface area (Å²) in [4.78, 5) is 26.8. The molecule has 24 heavy (non-hydrogen) atoms. The van der Waals surface area contributed by atoms with Crippen molar-refractivity contribution in [2.75, 3.05) is 17.2 Å². The van der Waals surface area contributed by atoms with Gasteiger partial charge in [0.2, 0.25) is 5.91 Å². The van der Waals surface area contributed by atoms with Crippen LogP contribution < -0.4 is 10.6 Å². The van der Waals surface area contributed by atoms with Gasteiger partial charge in [-0.3, -0.25) is 14.9 Å². The number of thiazole rings is 1. The molecule has 0 spiro atoms.